The summed E-state index contributed by atoms with van der Waals surface area (Å²) in [5.41, 5.74) is 6.43. The number of hydrogen-bond acceptors (Lipinski definition) is 2. The van der Waals surface area contributed by atoms with E-state index in [1.165, 1.54) is 12.8 Å². The fourth-order valence-corrected chi connectivity index (χ4v) is 2.82. The fraction of sp³-hybridized carbons (Fsp3) is 0.714. The first-order valence-electron chi connectivity index (χ1n) is 6.40. The molecule has 0 amide bonds. The van der Waals surface area contributed by atoms with Crippen molar-refractivity contribution in [3.05, 3.63) is 24.2 Å². The quantitative estimate of drug-likeness (QED) is 0.850. The maximum Gasteiger partial charge on any atom is 0.105 e. The lowest BCUT2D eigenvalue weighted by Gasteiger charge is -2.38. The van der Waals surface area contributed by atoms with Gasteiger partial charge in [0.25, 0.3) is 0 Å². The lowest BCUT2D eigenvalue weighted by atomic mass is 9.72. The van der Waals surface area contributed by atoms with Gasteiger partial charge in [-0.25, -0.2) is 0 Å². The summed E-state index contributed by atoms with van der Waals surface area (Å²) in [6.07, 6.45) is 7.44. The van der Waals surface area contributed by atoms with Gasteiger partial charge < -0.3 is 10.2 Å². The molecule has 2 nitrogen and oxygen atoms in total. The van der Waals surface area contributed by atoms with Crippen LogP contribution < -0.4 is 5.73 Å². The normalized spacial score (nSPS) is 30.9. The van der Waals surface area contributed by atoms with Gasteiger partial charge in [-0.3, -0.25) is 0 Å². The summed E-state index contributed by atoms with van der Waals surface area (Å²) in [5, 5.41) is 0. The van der Waals surface area contributed by atoms with Crippen LogP contribution in [0.1, 0.15) is 45.3 Å². The monoisotopic (exact) mass is 221 g/mol. The van der Waals surface area contributed by atoms with Crippen LogP contribution in [-0.4, -0.2) is 5.54 Å². The topological polar surface area (TPSA) is 39.2 Å². The maximum absolute atomic E-state index is 6.45. The van der Waals surface area contributed by atoms with Gasteiger partial charge in [0.15, 0.2) is 0 Å². The van der Waals surface area contributed by atoms with Gasteiger partial charge in [-0.1, -0.05) is 13.8 Å². The molecule has 1 saturated carbocycles. The van der Waals surface area contributed by atoms with E-state index < -0.39 is 0 Å². The molecule has 1 aromatic heterocycles. The van der Waals surface area contributed by atoms with E-state index in [9.17, 15) is 0 Å². The Morgan fingerprint density at radius 1 is 1.44 bits per heavy atom. The average molecular weight is 221 g/mol. The smallest absolute Gasteiger partial charge is 0.105 e. The molecular weight excluding hydrogens is 198 g/mol. The number of rotatable bonds is 3. The highest BCUT2D eigenvalue weighted by atomic mass is 16.3. The zero-order chi connectivity index (χ0) is 11.6. The summed E-state index contributed by atoms with van der Waals surface area (Å²) in [7, 11) is 0. The fourth-order valence-electron chi connectivity index (χ4n) is 2.82. The third kappa shape index (κ3) is 2.67. The van der Waals surface area contributed by atoms with Crippen LogP contribution in [0.4, 0.5) is 0 Å². The van der Waals surface area contributed by atoms with E-state index in [0.717, 1.165) is 36.9 Å². The van der Waals surface area contributed by atoms with E-state index in [4.69, 9.17) is 10.2 Å². The molecule has 2 N–H and O–H groups in total. The molecule has 1 aliphatic rings. The largest absolute Gasteiger partial charge is 0.469 e. The SMILES string of the molecule is CC(C)C1CCC(N)(Cc2ccco2)CC1. The molecule has 1 fully saturated rings. The van der Waals surface area contributed by atoms with Gasteiger partial charge in [0, 0.05) is 12.0 Å². The van der Waals surface area contributed by atoms with Gasteiger partial charge in [-0.2, -0.15) is 0 Å². The van der Waals surface area contributed by atoms with Gasteiger partial charge in [0.05, 0.1) is 6.26 Å². The summed E-state index contributed by atoms with van der Waals surface area (Å²) in [4.78, 5) is 0. The minimum atomic E-state index is -0.0246. The highest BCUT2D eigenvalue weighted by Crippen LogP contribution is 2.36. The summed E-state index contributed by atoms with van der Waals surface area (Å²) >= 11 is 0. The molecule has 0 bridgehead atoms. The zero-order valence-electron chi connectivity index (χ0n) is 10.4. The Hall–Kier alpha value is -0.760. The molecule has 1 heterocycles. The van der Waals surface area contributed by atoms with Crippen molar-refractivity contribution in [3.8, 4) is 0 Å². The summed E-state index contributed by atoms with van der Waals surface area (Å²) < 4.78 is 5.40. The van der Waals surface area contributed by atoms with Gasteiger partial charge in [-0.05, 0) is 49.7 Å². The summed E-state index contributed by atoms with van der Waals surface area (Å²) in [5.74, 6) is 2.70. The minimum Gasteiger partial charge on any atom is -0.469 e. The molecule has 1 aliphatic carbocycles. The van der Waals surface area contributed by atoms with E-state index in [-0.39, 0.29) is 5.54 Å². The predicted molar refractivity (Wildman–Crippen MR) is 66.1 cm³/mol. The van der Waals surface area contributed by atoms with Crippen molar-refractivity contribution < 1.29 is 4.42 Å². The Labute approximate surface area is 98.2 Å². The molecule has 0 unspecified atom stereocenters. The van der Waals surface area contributed by atoms with Gasteiger partial charge in [0.2, 0.25) is 0 Å². The minimum absolute atomic E-state index is 0.0246. The molecule has 0 atom stereocenters. The molecule has 0 aromatic carbocycles. The summed E-state index contributed by atoms with van der Waals surface area (Å²) in [6.45, 7) is 4.64. The third-order valence-electron chi connectivity index (χ3n) is 4.08. The van der Waals surface area contributed by atoms with E-state index in [1.807, 2.05) is 12.1 Å². The molecule has 2 heteroatoms. The van der Waals surface area contributed by atoms with E-state index in [1.54, 1.807) is 6.26 Å². The van der Waals surface area contributed by atoms with Crippen LogP contribution in [0.3, 0.4) is 0 Å². The van der Waals surface area contributed by atoms with Crippen molar-refractivity contribution in [2.45, 2.75) is 51.5 Å². The Balaban J connectivity index is 1.91. The van der Waals surface area contributed by atoms with Crippen LogP contribution in [0.15, 0.2) is 22.8 Å². The van der Waals surface area contributed by atoms with Crippen LogP contribution in [-0.2, 0) is 6.42 Å². The van der Waals surface area contributed by atoms with Gasteiger partial charge >= 0.3 is 0 Å². The van der Waals surface area contributed by atoms with Gasteiger partial charge in [-0.15, -0.1) is 0 Å². The number of nitrogens with two attached hydrogens (primary N) is 1. The zero-order valence-corrected chi connectivity index (χ0v) is 10.4. The first-order valence-corrected chi connectivity index (χ1v) is 6.40. The van der Waals surface area contributed by atoms with Gasteiger partial charge in [0.1, 0.15) is 5.76 Å². The molecule has 16 heavy (non-hydrogen) atoms. The van der Waals surface area contributed by atoms with Crippen molar-refractivity contribution in [3.63, 3.8) is 0 Å². The van der Waals surface area contributed by atoms with Crippen molar-refractivity contribution in [1.82, 2.24) is 0 Å². The second-order valence-corrected chi connectivity index (χ2v) is 5.70. The van der Waals surface area contributed by atoms with Crippen molar-refractivity contribution >= 4 is 0 Å². The maximum atomic E-state index is 6.45. The van der Waals surface area contributed by atoms with Crippen molar-refractivity contribution in [1.29, 1.82) is 0 Å². The third-order valence-corrected chi connectivity index (χ3v) is 4.08. The van der Waals surface area contributed by atoms with Crippen LogP contribution in [0.5, 0.6) is 0 Å². The summed E-state index contributed by atoms with van der Waals surface area (Å²) in [6, 6.07) is 3.97. The van der Waals surface area contributed by atoms with Crippen molar-refractivity contribution in [2.75, 3.05) is 0 Å². The van der Waals surface area contributed by atoms with E-state index in [2.05, 4.69) is 13.8 Å². The Morgan fingerprint density at radius 2 is 2.12 bits per heavy atom. The van der Waals surface area contributed by atoms with Crippen molar-refractivity contribution in [2.24, 2.45) is 17.6 Å². The lowest BCUT2D eigenvalue weighted by Crippen LogP contribution is -2.45. The average Bonchev–Trinajstić information content (AvgIpc) is 2.70. The molecule has 0 aliphatic heterocycles. The number of hydrogen-bond donors (Lipinski definition) is 1. The Bertz CT molecular complexity index is 307. The second-order valence-electron chi connectivity index (χ2n) is 5.70. The predicted octanol–water partition coefficient (Wildman–Crippen LogP) is 3.37. The van der Waals surface area contributed by atoms with E-state index >= 15 is 0 Å². The molecule has 0 saturated heterocycles. The lowest BCUT2D eigenvalue weighted by molar-refractivity contribution is 0.188. The van der Waals surface area contributed by atoms with Crippen LogP contribution in [0, 0.1) is 11.8 Å². The molecule has 1 aromatic rings. The number of furan rings is 1. The first kappa shape index (κ1) is 11.7. The first-order chi connectivity index (χ1) is 7.59. The second kappa shape index (κ2) is 4.62. The molecular formula is C14H23NO. The van der Waals surface area contributed by atoms with Crippen LogP contribution >= 0.6 is 0 Å². The molecule has 0 radical (unpaired) electrons. The molecule has 2 rings (SSSR count). The molecule has 90 valence electrons. The van der Waals surface area contributed by atoms with E-state index in [0.29, 0.717) is 0 Å². The standard InChI is InChI=1S/C14H23NO/c1-11(2)12-5-7-14(15,8-6-12)10-13-4-3-9-16-13/h3-4,9,11-12H,5-8,10,15H2,1-2H3. The van der Waals surface area contributed by atoms with Crippen LogP contribution in [0.25, 0.3) is 0 Å². The Morgan fingerprint density at radius 3 is 2.62 bits per heavy atom. The van der Waals surface area contributed by atoms with Crippen LogP contribution in [0.2, 0.25) is 0 Å². The molecule has 0 spiro atoms. The highest BCUT2D eigenvalue weighted by Gasteiger charge is 2.33. The highest BCUT2D eigenvalue weighted by molar-refractivity contribution is 5.05. The Kier molecular flexibility index (Phi) is 3.38.